The summed E-state index contributed by atoms with van der Waals surface area (Å²) in [4.78, 5) is 2.19. The molecule has 0 aliphatic heterocycles. The van der Waals surface area contributed by atoms with E-state index in [0.717, 1.165) is 30.5 Å². The quantitative estimate of drug-likeness (QED) is 0.779. The fourth-order valence-corrected chi connectivity index (χ4v) is 3.11. The van der Waals surface area contributed by atoms with Crippen LogP contribution in [0.5, 0.6) is 11.5 Å². The molecule has 0 fully saturated rings. The first kappa shape index (κ1) is 18.3. The Balaban J connectivity index is 2.67. The highest BCUT2D eigenvalue weighted by atomic mass is 16.5. The van der Waals surface area contributed by atoms with Gasteiger partial charge in [0.2, 0.25) is 0 Å². The second-order valence-corrected chi connectivity index (χ2v) is 7.19. The van der Waals surface area contributed by atoms with Gasteiger partial charge < -0.3 is 14.7 Å². The van der Waals surface area contributed by atoms with Crippen molar-refractivity contribution in [1.29, 1.82) is 0 Å². The predicted octanol–water partition coefficient (Wildman–Crippen LogP) is 4.53. The van der Waals surface area contributed by atoms with Gasteiger partial charge in [-0.3, -0.25) is 0 Å². The topological polar surface area (TPSA) is 32.7 Å². The maximum Gasteiger partial charge on any atom is 0.130 e. The molecule has 2 rings (SSSR count). The monoisotopic (exact) mass is 327 g/mol. The molecule has 3 nitrogen and oxygen atoms in total. The van der Waals surface area contributed by atoms with E-state index >= 15 is 0 Å². The molecule has 1 aliphatic rings. The smallest absolute Gasteiger partial charge is 0.130 e. The van der Waals surface area contributed by atoms with Crippen molar-refractivity contribution in [1.82, 2.24) is 4.90 Å². The van der Waals surface area contributed by atoms with Crippen LogP contribution in [0.15, 0.2) is 42.5 Å². The molecular weight excluding hydrogens is 298 g/mol. The third-order valence-electron chi connectivity index (χ3n) is 4.60. The minimum atomic E-state index is -0.314. The van der Waals surface area contributed by atoms with Crippen LogP contribution >= 0.6 is 0 Å². The summed E-state index contributed by atoms with van der Waals surface area (Å²) in [6.07, 6.45) is 8.37. The van der Waals surface area contributed by atoms with Gasteiger partial charge in [-0.1, -0.05) is 32.1 Å². The molecule has 130 valence electrons. The lowest BCUT2D eigenvalue weighted by atomic mass is 9.81. The summed E-state index contributed by atoms with van der Waals surface area (Å²) in [5.41, 5.74) is 4.19. The van der Waals surface area contributed by atoms with Gasteiger partial charge in [0.05, 0.1) is 7.11 Å². The van der Waals surface area contributed by atoms with E-state index in [2.05, 4.69) is 57.6 Å². The number of hydrogen-bond donors (Lipinski definition) is 1. The molecule has 0 spiro atoms. The molecule has 0 bridgehead atoms. The Labute approximate surface area is 145 Å². The zero-order valence-corrected chi connectivity index (χ0v) is 15.5. The molecule has 1 aliphatic carbocycles. The van der Waals surface area contributed by atoms with E-state index in [-0.39, 0.29) is 11.2 Å². The third kappa shape index (κ3) is 3.73. The van der Waals surface area contributed by atoms with Crippen molar-refractivity contribution in [3.05, 3.63) is 53.6 Å². The number of nitrogens with zero attached hydrogens (tertiary/aromatic N) is 1. The molecule has 24 heavy (non-hydrogen) atoms. The second-order valence-electron chi connectivity index (χ2n) is 7.19. The Morgan fingerprint density at radius 3 is 2.62 bits per heavy atom. The normalized spacial score (nSPS) is 15.1. The average molecular weight is 327 g/mol. The van der Waals surface area contributed by atoms with Crippen molar-refractivity contribution >= 4 is 5.57 Å². The van der Waals surface area contributed by atoms with E-state index < -0.39 is 0 Å². The van der Waals surface area contributed by atoms with Crippen LogP contribution in [0.2, 0.25) is 0 Å². The number of likely N-dealkylation sites (N-methyl/N-ethyl adjacent to an activating group) is 1. The molecule has 0 amide bonds. The third-order valence-corrected chi connectivity index (χ3v) is 4.60. The van der Waals surface area contributed by atoms with Gasteiger partial charge in [-0.05, 0) is 44.1 Å². The standard InChI is InChI=1S/C21H29NO2/c1-7-21(2,3)18-12-17(20(24-6)13-19(18)23)16-11-9-8-10-15(16)14-22(4)5/h7,9,11-13,23H,1,8,10,14H2,2-6H3. The lowest BCUT2D eigenvalue weighted by molar-refractivity contribution is 0.402. The number of allylic oxidation sites excluding steroid dienone is 4. The molecule has 0 radical (unpaired) electrons. The molecule has 0 aromatic heterocycles. The number of phenolic OH excluding ortho intramolecular Hbond substituents is 1. The van der Waals surface area contributed by atoms with Gasteiger partial charge in [0.25, 0.3) is 0 Å². The maximum atomic E-state index is 10.5. The summed E-state index contributed by atoms with van der Waals surface area (Å²) in [7, 11) is 5.82. The van der Waals surface area contributed by atoms with Crippen molar-refractivity contribution in [3.8, 4) is 11.5 Å². The van der Waals surface area contributed by atoms with Crippen LogP contribution in [0.1, 0.15) is 37.8 Å². The zero-order valence-electron chi connectivity index (χ0n) is 15.5. The molecule has 0 heterocycles. The fourth-order valence-electron chi connectivity index (χ4n) is 3.11. The van der Waals surface area contributed by atoms with Gasteiger partial charge in [-0.25, -0.2) is 0 Å². The SMILES string of the molecule is C=CC(C)(C)c1cc(C2=C(CN(C)C)CCC=C2)c(OC)cc1O. The van der Waals surface area contributed by atoms with Gasteiger partial charge in [0.15, 0.2) is 0 Å². The average Bonchev–Trinajstić information content (AvgIpc) is 2.54. The summed E-state index contributed by atoms with van der Waals surface area (Å²) >= 11 is 0. The minimum absolute atomic E-state index is 0.245. The van der Waals surface area contributed by atoms with Crippen LogP contribution in [-0.2, 0) is 5.41 Å². The number of benzene rings is 1. The van der Waals surface area contributed by atoms with Crippen LogP contribution in [-0.4, -0.2) is 37.8 Å². The molecule has 0 saturated heterocycles. The minimum Gasteiger partial charge on any atom is -0.507 e. The number of ether oxygens (including phenoxy) is 1. The van der Waals surface area contributed by atoms with E-state index in [0.29, 0.717) is 5.75 Å². The van der Waals surface area contributed by atoms with E-state index in [9.17, 15) is 5.11 Å². The van der Waals surface area contributed by atoms with Crippen LogP contribution in [0.4, 0.5) is 0 Å². The highest BCUT2D eigenvalue weighted by Crippen LogP contribution is 2.41. The Morgan fingerprint density at radius 1 is 1.33 bits per heavy atom. The number of hydrogen-bond acceptors (Lipinski definition) is 3. The van der Waals surface area contributed by atoms with E-state index in [1.165, 1.54) is 11.1 Å². The Hall–Kier alpha value is -2.00. The molecule has 3 heteroatoms. The van der Waals surface area contributed by atoms with Crippen molar-refractivity contribution in [2.45, 2.75) is 32.1 Å². The van der Waals surface area contributed by atoms with Crippen molar-refractivity contribution in [2.75, 3.05) is 27.7 Å². The van der Waals surface area contributed by atoms with E-state index in [1.54, 1.807) is 13.2 Å². The van der Waals surface area contributed by atoms with Crippen LogP contribution in [0, 0.1) is 0 Å². The molecule has 0 atom stereocenters. The molecule has 1 aromatic rings. The molecule has 1 N–H and O–H groups in total. The Kier molecular flexibility index (Phi) is 5.55. The largest absolute Gasteiger partial charge is 0.507 e. The van der Waals surface area contributed by atoms with Gasteiger partial charge in [0, 0.05) is 29.2 Å². The van der Waals surface area contributed by atoms with Crippen LogP contribution in [0.25, 0.3) is 5.57 Å². The van der Waals surface area contributed by atoms with Gasteiger partial charge in [-0.2, -0.15) is 0 Å². The first-order chi connectivity index (χ1) is 11.3. The number of methoxy groups -OCH3 is 1. The second kappa shape index (κ2) is 7.27. The Morgan fingerprint density at radius 2 is 2.04 bits per heavy atom. The van der Waals surface area contributed by atoms with Crippen molar-refractivity contribution in [2.24, 2.45) is 0 Å². The zero-order chi connectivity index (χ0) is 17.9. The lowest BCUT2D eigenvalue weighted by Gasteiger charge is -2.26. The van der Waals surface area contributed by atoms with Crippen molar-refractivity contribution in [3.63, 3.8) is 0 Å². The number of rotatable bonds is 6. The molecule has 1 aromatic carbocycles. The molecular formula is C21H29NO2. The summed E-state index contributed by atoms with van der Waals surface area (Å²) in [5.74, 6) is 0.948. The first-order valence-corrected chi connectivity index (χ1v) is 8.39. The highest BCUT2D eigenvalue weighted by molar-refractivity contribution is 5.82. The number of aromatic hydroxyl groups is 1. The van der Waals surface area contributed by atoms with Crippen LogP contribution < -0.4 is 4.74 Å². The molecule has 0 saturated carbocycles. The lowest BCUT2D eigenvalue weighted by Crippen LogP contribution is -2.17. The van der Waals surface area contributed by atoms with E-state index in [4.69, 9.17) is 4.74 Å². The van der Waals surface area contributed by atoms with E-state index in [1.807, 2.05) is 6.08 Å². The van der Waals surface area contributed by atoms with Gasteiger partial charge >= 0.3 is 0 Å². The first-order valence-electron chi connectivity index (χ1n) is 8.39. The fraction of sp³-hybridized carbons (Fsp3) is 0.429. The summed E-state index contributed by atoms with van der Waals surface area (Å²) in [6.45, 7) is 8.94. The van der Waals surface area contributed by atoms with Crippen molar-refractivity contribution < 1.29 is 9.84 Å². The van der Waals surface area contributed by atoms with Crippen LogP contribution in [0.3, 0.4) is 0 Å². The summed E-state index contributed by atoms with van der Waals surface area (Å²) < 4.78 is 5.57. The molecule has 0 unspecified atom stereocenters. The highest BCUT2D eigenvalue weighted by Gasteiger charge is 2.24. The number of phenols is 1. The predicted molar refractivity (Wildman–Crippen MR) is 102 cm³/mol. The Bertz CT molecular complexity index is 681. The summed E-state index contributed by atoms with van der Waals surface area (Å²) in [6, 6.07) is 3.77. The van der Waals surface area contributed by atoms with Gasteiger partial charge in [-0.15, -0.1) is 6.58 Å². The van der Waals surface area contributed by atoms with Gasteiger partial charge in [0.1, 0.15) is 11.5 Å². The maximum absolute atomic E-state index is 10.5. The summed E-state index contributed by atoms with van der Waals surface area (Å²) in [5, 5.41) is 10.5.